The number of carbonyl (C=O) groups is 3. The quantitative estimate of drug-likeness (QED) is 0.119. The van der Waals surface area contributed by atoms with Crippen LogP contribution in [-0.2, 0) is 46.7 Å². The lowest BCUT2D eigenvalue weighted by Gasteiger charge is -2.31. The summed E-state index contributed by atoms with van der Waals surface area (Å²) in [4.78, 5) is 43.2. The summed E-state index contributed by atoms with van der Waals surface area (Å²) in [7, 11) is 0. The number of hydrogen-bond acceptors (Lipinski definition) is 7. The first-order chi connectivity index (χ1) is 21.8. The van der Waals surface area contributed by atoms with Crippen LogP contribution in [-0.4, -0.2) is 47.7 Å². The largest absolute Gasteiger partial charge is 0.489 e. The summed E-state index contributed by atoms with van der Waals surface area (Å²) in [6, 6.07) is 25.0. The van der Waals surface area contributed by atoms with Gasteiger partial charge < -0.3 is 25.4 Å². The Morgan fingerprint density at radius 3 is 2.38 bits per heavy atom. The summed E-state index contributed by atoms with van der Waals surface area (Å²) in [6.45, 7) is 3.48. The average molecular weight is 625 g/mol. The van der Waals surface area contributed by atoms with Crippen molar-refractivity contribution in [3.8, 4) is 5.75 Å². The minimum atomic E-state index is -0.819. The third-order valence-electron chi connectivity index (χ3n) is 7.53. The number of esters is 1. The first kappa shape index (κ1) is 31.5. The van der Waals surface area contributed by atoms with Crippen LogP contribution < -0.4 is 15.8 Å². The van der Waals surface area contributed by atoms with Gasteiger partial charge in [-0.2, -0.15) is 0 Å². The molecule has 0 aliphatic carbocycles. The van der Waals surface area contributed by atoms with Gasteiger partial charge in [0.1, 0.15) is 24.2 Å². The number of hydrogen-bond donors (Lipinski definition) is 3. The molecule has 5 rings (SSSR count). The first-order valence-corrected chi connectivity index (χ1v) is 15.7. The molecule has 0 saturated carbocycles. The van der Waals surface area contributed by atoms with Crippen molar-refractivity contribution in [2.75, 3.05) is 13.2 Å². The highest BCUT2D eigenvalue weighted by molar-refractivity contribution is 7.12. The Kier molecular flexibility index (Phi) is 10.3. The molecule has 2 heterocycles. The van der Waals surface area contributed by atoms with Crippen molar-refractivity contribution in [1.29, 1.82) is 5.41 Å². The summed E-state index contributed by atoms with van der Waals surface area (Å²) in [5.74, 6) is -0.220. The fraction of sp³-hybridized carbons (Fsp3) is 0.257. The van der Waals surface area contributed by atoms with Gasteiger partial charge in [-0.1, -0.05) is 54.6 Å². The Hall–Kier alpha value is -4.96. The second-order valence-electron chi connectivity index (χ2n) is 10.8. The van der Waals surface area contributed by atoms with E-state index in [2.05, 4.69) is 5.32 Å². The molecule has 45 heavy (non-hydrogen) atoms. The number of nitrogens with zero attached hydrogens (tertiary/aromatic N) is 1. The Balaban J connectivity index is 1.30. The van der Waals surface area contributed by atoms with Gasteiger partial charge in [0, 0.05) is 40.4 Å². The maximum Gasteiger partial charge on any atom is 0.311 e. The van der Waals surface area contributed by atoms with Gasteiger partial charge in [-0.3, -0.25) is 19.8 Å². The zero-order chi connectivity index (χ0) is 31.8. The van der Waals surface area contributed by atoms with Crippen molar-refractivity contribution < 1.29 is 23.9 Å². The summed E-state index contributed by atoms with van der Waals surface area (Å²) >= 11 is 1.58. The van der Waals surface area contributed by atoms with E-state index in [0.717, 1.165) is 26.4 Å². The molecule has 0 spiro atoms. The molecule has 4 aromatic rings. The highest BCUT2D eigenvalue weighted by Gasteiger charge is 2.30. The number of nitrogens with two attached hydrogens (primary N) is 1. The van der Waals surface area contributed by atoms with E-state index in [-0.39, 0.29) is 30.6 Å². The van der Waals surface area contributed by atoms with Gasteiger partial charge in [0.25, 0.3) is 5.91 Å². The third kappa shape index (κ3) is 8.36. The second-order valence-corrected chi connectivity index (χ2v) is 12.0. The van der Waals surface area contributed by atoms with Crippen LogP contribution in [0.2, 0.25) is 0 Å². The van der Waals surface area contributed by atoms with Crippen molar-refractivity contribution in [3.05, 3.63) is 123 Å². The lowest BCUT2D eigenvalue weighted by Crippen LogP contribution is -2.50. The SMILES string of the molecule is CCOC(=O)Cc1cc2c(s1)CCN(C(=O)[C@H](Cc1ccc(OCc3ccccc3)cc1)NC(=O)c1ccc(C(=N)N)cc1)C2. The van der Waals surface area contributed by atoms with Gasteiger partial charge in [-0.25, -0.2) is 0 Å². The summed E-state index contributed by atoms with van der Waals surface area (Å²) in [6.07, 6.45) is 1.18. The van der Waals surface area contributed by atoms with E-state index in [0.29, 0.717) is 49.6 Å². The van der Waals surface area contributed by atoms with E-state index >= 15 is 0 Å². The van der Waals surface area contributed by atoms with Crippen molar-refractivity contribution in [1.82, 2.24) is 10.2 Å². The van der Waals surface area contributed by atoms with E-state index in [9.17, 15) is 14.4 Å². The molecule has 2 amide bonds. The minimum absolute atomic E-state index is 0.0884. The van der Waals surface area contributed by atoms with Crippen molar-refractivity contribution in [2.45, 2.75) is 45.4 Å². The number of benzene rings is 3. The molecular weight excluding hydrogens is 588 g/mol. The predicted molar refractivity (Wildman–Crippen MR) is 173 cm³/mol. The lowest BCUT2D eigenvalue weighted by atomic mass is 10.0. The van der Waals surface area contributed by atoms with Gasteiger partial charge in [-0.15, -0.1) is 11.3 Å². The summed E-state index contributed by atoms with van der Waals surface area (Å²) < 4.78 is 11.0. The summed E-state index contributed by atoms with van der Waals surface area (Å²) in [5, 5.41) is 10.6. The Morgan fingerprint density at radius 2 is 1.69 bits per heavy atom. The molecule has 0 unspecified atom stereocenters. The van der Waals surface area contributed by atoms with Gasteiger partial charge in [0.05, 0.1) is 13.0 Å². The maximum absolute atomic E-state index is 14.0. The fourth-order valence-corrected chi connectivity index (χ4v) is 6.34. The van der Waals surface area contributed by atoms with Crippen LogP contribution in [0.1, 0.15) is 49.3 Å². The molecule has 1 atom stereocenters. The smallest absolute Gasteiger partial charge is 0.311 e. The zero-order valence-corrected chi connectivity index (χ0v) is 25.9. The second kappa shape index (κ2) is 14.7. The predicted octanol–water partition coefficient (Wildman–Crippen LogP) is 4.64. The first-order valence-electron chi connectivity index (χ1n) is 14.8. The van der Waals surface area contributed by atoms with Crippen LogP contribution >= 0.6 is 11.3 Å². The molecule has 0 radical (unpaired) electrons. The zero-order valence-electron chi connectivity index (χ0n) is 25.1. The van der Waals surface area contributed by atoms with Crippen molar-refractivity contribution in [3.63, 3.8) is 0 Å². The van der Waals surface area contributed by atoms with E-state index in [1.54, 1.807) is 47.4 Å². The molecule has 4 N–H and O–H groups in total. The highest BCUT2D eigenvalue weighted by atomic mass is 32.1. The summed E-state index contributed by atoms with van der Waals surface area (Å²) in [5.41, 5.74) is 9.39. The molecule has 0 saturated heterocycles. The van der Waals surface area contributed by atoms with Gasteiger partial charge in [0.15, 0.2) is 0 Å². The monoisotopic (exact) mass is 624 g/mol. The van der Waals surface area contributed by atoms with E-state index in [1.807, 2.05) is 60.7 Å². The number of nitrogens with one attached hydrogen (secondary N) is 2. The minimum Gasteiger partial charge on any atom is -0.489 e. The number of amidine groups is 1. The van der Waals surface area contributed by atoms with Gasteiger partial charge in [-0.05, 0) is 60.4 Å². The van der Waals surface area contributed by atoms with Crippen LogP contribution in [0.15, 0.2) is 84.9 Å². The van der Waals surface area contributed by atoms with Gasteiger partial charge >= 0.3 is 5.97 Å². The van der Waals surface area contributed by atoms with Crippen molar-refractivity contribution in [2.24, 2.45) is 5.73 Å². The average Bonchev–Trinajstić information content (AvgIpc) is 3.45. The fourth-order valence-electron chi connectivity index (χ4n) is 5.19. The van der Waals surface area contributed by atoms with E-state index in [4.69, 9.17) is 20.6 Å². The third-order valence-corrected chi connectivity index (χ3v) is 8.76. The van der Waals surface area contributed by atoms with Crippen LogP contribution in [0.4, 0.5) is 0 Å². The topological polar surface area (TPSA) is 135 Å². The molecule has 3 aromatic carbocycles. The molecule has 0 fully saturated rings. The molecular formula is C35H36N4O5S. The number of fused-ring (bicyclic) bond motifs is 1. The van der Waals surface area contributed by atoms with Crippen LogP contribution in [0.3, 0.4) is 0 Å². The normalized spacial score (nSPS) is 13.0. The number of amides is 2. The standard InChI is InChI=1S/C35H36N4O5S/c1-2-43-32(40)20-29-19-27-21-39(17-16-31(27)45-29)35(42)30(38-34(41)26-12-10-25(11-13-26)33(36)37)18-23-8-14-28(15-9-23)44-22-24-6-4-3-5-7-24/h3-15,19,30H,2,16-18,20-22H2,1H3,(H3,36,37)(H,38,41)/t30-/m0/s1. The molecule has 1 aliphatic heterocycles. The molecule has 232 valence electrons. The Morgan fingerprint density at radius 1 is 0.978 bits per heavy atom. The molecule has 9 nitrogen and oxygen atoms in total. The lowest BCUT2D eigenvalue weighted by molar-refractivity contribution is -0.142. The van der Waals surface area contributed by atoms with Gasteiger partial charge in [0.2, 0.25) is 5.91 Å². The van der Waals surface area contributed by atoms with E-state index < -0.39 is 11.9 Å². The molecule has 0 bridgehead atoms. The number of nitrogen functional groups attached to an aromatic ring is 1. The van der Waals surface area contributed by atoms with Crippen LogP contribution in [0, 0.1) is 5.41 Å². The molecule has 1 aliphatic rings. The Bertz CT molecular complexity index is 1650. The number of carbonyl (C=O) groups excluding carboxylic acids is 3. The number of rotatable bonds is 12. The number of ether oxygens (including phenoxy) is 2. The van der Waals surface area contributed by atoms with Crippen LogP contribution in [0.25, 0.3) is 0 Å². The molecule has 1 aromatic heterocycles. The highest BCUT2D eigenvalue weighted by Crippen LogP contribution is 2.29. The van der Waals surface area contributed by atoms with E-state index in [1.165, 1.54) is 0 Å². The Labute approximate surface area is 266 Å². The van der Waals surface area contributed by atoms with Crippen molar-refractivity contribution >= 4 is 35.0 Å². The number of thiophene rings is 1. The maximum atomic E-state index is 14.0. The van der Waals surface area contributed by atoms with Crippen LogP contribution in [0.5, 0.6) is 5.75 Å². The molecule has 10 heteroatoms.